The van der Waals surface area contributed by atoms with E-state index in [4.69, 9.17) is 5.73 Å². The predicted octanol–water partition coefficient (Wildman–Crippen LogP) is 2.44. The molecule has 98 valence electrons. The first kappa shape index (κ1) is 13.1. The summed E-state index contributed by atoms with van der Waals surface area (Å²) in [5.74, 6) is -0.00393. The molecular weight excluding hydrogens is 224 g/mol. The first-order chi connectivity index (χ1) is 8.53. The van der Waals surface area contributed by atoms with Crippen LogP contribution in [0.4, 0.5) is 0 Å². The molecule has 1 atom stereocenters. The van der Waals surface area contributed by atoms with E-state index in [0.29, 0.717) is 0 Å². The fraction of sp³-hybridized carbons (Fsp3) is 0.533. The summed E-state index contributed by atoms with van der Waals surface area (Å²) in [5.41, 5.74) is 7.87. The quantitative estimate of drug-likeness (QED) is 0.860. The van der Waals surface area contributed by atoms with Crippen molar-refractivity contribution >= 4 is 5.91 Å². The van der Waals surface area contributed by atoms with Gasteiger partial charge in [-0.1, -0.05) is 37.1 Å². The number of nitrogens with two attached hydrogens (primary N) is 1. The van der Waals surface area contributed by atoms with Gasteiger partial charge in [-0.3, -0.25) is 4.79 Å². The highest BCUT2D eigenvalue weighted by molar-refractivity contribution is 5.86. The molecule has 0 saturated heterocycles. The fourth-order valence-electron chi connectivity index (χ4n) is 2.72. The first-order valence-corrected chi connectivity index (χ1v) is 6.68. The Morgan fingerprint density at radius 1 is 1.33 bits per heavy atom. The van der Waals surface area contributed by atoms with Crippen LogP contribution < -0.4 is 11.1 Å². The van der Waals surface area contributed by atoms with Gasteiger partial charge in [-0.05, 0) is 37.8 Å². The Labute approximate surface area is 109 Å². The molecule has 0 aliphatic heterocycles. The third-order valence-electron chi connectivity index (χ3n) is 3.95. The highest BCUT2D eigenvalue weighted by Gasteiger charge is 2.37. The molecule has 1 aromatic carbocycles. The summed E-state index contributed by atoms with van der Waals surface area (Å²) in [7, 11) is 0. The summed E-state index contributed by atoms with van der Waals surface area (Å²) in [6.45, 7) is 4.07. The van der Waals surface area contributed by atoms with Gasteiger partial charge in [-0.25, -0.2) is 0 Å². The summed E-state index contributed by atoms with van der Waals surface area (Å²) < 4.78 is 0. The second-order valence-corrected chi connectivity index (χ2v) is 5.41. The summed E-state index contributed by atoms with van der Waals surface area (Å²) in [5, 5.41) is 3.06. The second-order valence-electron chi connectivity index (χ2n) is 5.41. The summed E-state index contributed by atoms with van der Waals surface area (Å²) in [4.78, 5) is 12.2. The molecule has 0 aromatic heterocycles. The number of hydrogen-bond donors (Lipinski definition) is 2. The van der Waals surface area contributed by atoms with Crippen LogP contribution in [0.1, 0.15) is 49.8 Å². The molecule has 1 amide bonds. The predicted molar refractivity (Wildman–Crippen MR) is 73.1 cm³/mol. The van der Waals surface area contributed by atoms with Crippen molar-refractivity contribution < 1.29 is 4.79 Å². The number of carbonyl (C=O) groups is 1. The summed E-state index contributed by atoms with van der Waals surface area (Å²) in [6, 6.07) is 8.14. The lowest BCUT2D eigenvalue weighted by Crippen LogP contribution is -2.52. The Kier molecular flexibility index (Phi) is 3.71. The maximum atomic E-state index is 12.2. The summed E-state index contributed by atoms with van der Waals surface area (Å²) >= 11 is 0. The topological polar surface area (TPSA) is 55.1 Å². The lowest BCUT2D eigenvalue weighted by Gasteiger charge is -2.25. The number of hydrogen-bond acceptors (Lipinski definition) is 2. The van der Waals surface area contributed by atoms with Gasteiger partial charge in [0.25, 0.3) is 0 Å². The number of aryl methyl sites for hydroxylation is 1. The van der Waals surface area contributed by atoms with Gasteiger partial charge in [0, 0.05) is 0 Å². The zero-order chi connectivity index (χ0) is 13.2. The van der Waals surface area contributed by atoms with Crippen molar-refractivity contribution in [1.82, 2.24) is 5.32 Å². The van der Waals surface area contributed by atoms with Crippen molar-refractivity contribution in [2.45, 2.75) is 51.1 Å². The smallest absolute Gasteiger partial charge is 0.240 e. The fourth-order valence-corrected chi connectivity index (χ4v) is 2.72. The van der Waals surface area contributed by atoms with E-state index >= 15 is 0 Å². The van der Waals surface area contributed by atoms with Crippen LogP contribution in [-0.2, 0) is 4.79 Å². The zero-order valence-corrected chi connectivity index (χ0v) is 11.2. The van der Waals surface area contributed by atoms with E-state index in [9.17, 15) is 4.79 Å². The van der Waals surface area contributed by atoms with E-state index in [1.54, 1.807) is 0 Å². The van der Waals surface area contributed by atoms with Crippen molar-refractivity contribution in [2.75, 3.05) is 0 Å². The average molecular weight is 246 g/mol. The number of rotatable bonds is 3. The van der Waals surface area contributed by atoms with Gasteiger partial charge in [0.05, 0.1) is 11.6 Å². The molecule has 1 aliphatic rings. The van der Waals surface area contributed by atoms with E-state index in [1.165, 1.54) is 5.56 Å². The average Bonchev–Trinajstić information content (AvgIpc) is 2.78. The van der Waals surface area contributed by atoms with Crippen molar-refractivity contribution in [3.63, 3.8) is 0 Å². The normalized spacial score (nSPS) is 19.5. The van der Waals surface area contributed by atoms with Crippen LogP contribution in [-0.4, -0.2) is 11.4 Å². The van der Waals surface area contributed by atoms with Crippen molar-refractivity contribution in [3.05, 3.63) is 35.4 Å². The Hall–Kier alpha value is -1.35. The molecule has 3 N–H and O–H groups in total. The van der Waals surface area contributed by atoms with Crippen LogP contribution in [0.2, 0.25) is 0 Å². The molecule has 1 aromatic rings. The maximum absolute atomic E-state index is 12.2. The Bertz CT molecular complexity index is 436. The van der Waals surface area contributed by atoms with Crippen LogP contribution in [0.5, 0.6) is 0 Å². The SMILES string of the molecule is Cc1ccccc1C(C)NC(=O)C1(N)CCCC1. The van der Waals surface area contributed by atoms with Crippen LogP contribution >= 0.6 is 0 Å². The maximum Gasteiger partial charge on any atom is 0.240 e. The molecule has 1 saturated carbocycles. The Balaban J connectivity index is 2.06. The monoisotopic (exact) mass is 246 g/mol. The molecule has 3 heteroatoms. The Morgan fingerprint density at radius 3 is 2.56 bits per heavy atom. The minimum absolute atomic E-state index is 0.00393. The van der Waals surface area contributed by atoms with E-state index in [2.05, 4.69) is 24.4 Å². The highest BCUT2D eigenvalue weighted by atomic mass is 16.2. The minimum atomic E-state index is -0.642. The third kappa shape index (κ3) is 2.56. The molecule has 1 aliphatic carbocycles. The molecule has 0 spiro atoms. The molecule has 0 heterocycles. The minimum Gasteiger partial charge on any atom is -0.348 e. The first-order valence-electron chi connectivity index (χ1n) is 6.68. The molecule has 2 rings (SSSR count). The van der Waals surface area contributed by atoms with Gasteiger partial charge in [0.1, 0.15) is 0 Å². The largest absolute Gasteiger partial charge is 0.348 e. The molecule has 1 fully saturated rings. The van der Waals surface area contributed by atoms with Crippen molar-refractivity contribution in [2.24, 2.45) is 5.73 Å². The second kappa shape index (κ2) is 5.11. The number of benzene rings is 1. The van der Waals surface area contributed by atoms with Crippen LogP contribution in [0, 0.1) is 6.92 Å². The molecule has 0 radical (unpaired) electrons. The third-order valence-corrected chi connectivity index (χ3v) is 3.95. The summed E-state index contributed by atoms with van der Waals surface area (Å²) in [6.07, 6.45) is 3.73. The van der Waals surface area contributed by atoms with Crippen molar-refractivity contribution in [1.29, 1.82) is 0 Å². The number of amides is 1. The lowest BCUT2D eigenvalue weighted by atomic mass is 9.96. The van der Waals surface area contributed by atoms with Gasteiger partial charge in [0.2, 0.25) is 5.91 Å². The van der Waals surface area contributed by atoms with Crippen LogP contribution in [0.25, 0.3) is 0 Å². The van der Waals surface area contributed by atoms with Gasteiger partial charge in [-0.2, -0.15) is 0 Å². The van der Waals surface area contributed by atoms with Gasteiger partial charge < -0.3 is 11.1 Å². The van der Waals surface area contributed by atoms with E-state index in [-0.39, 0.29) is 11.9 Å². The molecule has 1 unspecified atom stereocenters. The standard InChI is InChI=1S/C15H22N2O/c1-11-7-3-4-8-13(11)12(2)17-14(18)15(16)9-5-6-10-15/h3-4,7-8,12H,5-6,9-10,16H2,1-2H3,(H,17,18). The van der Waals surface area contributed by atoms with Crippen molar-refractivity contribution in [3.8, 4) is 0 Å². The van der Waals surface area contributed by atoms with Crippen LogP contribution in [0.15, 0.2) is 24.3 Å². The number of carbonyl (C=O) groups excluding carboxylic acids is 1. The highest BCUT2D eigenvalue weighted by Crippen LogP contribution is 2.28. The van der Waals surface area contributed by atoms with Gasteiger partial charge >= 0.3 is 0 Å². The molecule has 3 nitrogen and oxygen atoms in total. The lowest BCUT2D eigenvalue weighted by molar-refractivity contribution is -0.126. The molecular formula is C15H22N2O. The van der Waals surface area contributed by atoms with Crippen LogP contribution in [0.3, 0.4) is 0 Å². The number of nitrogens with one attached hydrogen (secondary N) is 1. The molecule has 0 bridgehead atoms. The molecule has 18 heavy (non-hydrogen) atoms. The van der Waals surface area contributed by atoms with E-state index in [0.717, 1.165) is 31.2 Å². The van der Waals surface area contributed by atoms with Gasteiger partial charge in [-0.15, -0.1) is 0 Å². The zero-order valence-electron chi connectivity index (χ0n) is 11.2. The van der Waals surface area contributed by atoms with E-state index in [1.807, 2.05) is 19.1 Å². The Morgan fingerprint density at radius 2 is 1.94 bits per heavy atom. The van der Waals surface area contributed by atoms with E-state index < -0.39 is 5.54 Å². The van der Waals surface area contributed by atoms with Gasteiger partial charge in [0.15, 0.2) is 0 Å².